The van der Waals surface area contributed by atoms with Gasteiger partial charge in [-0.1, -0.05) is 17.7 Å². The Balaban J connectivity index is 1.89. The highest BCUT2D eigenvalue weighted by Gasteiger charge is 2.17. The van der Waals surface area contributed by atoms with Crippen LogP contribution in [-0.2, 0) is 15.3 Å². The van der Waals surface area contributed by atoms with E-state index in [0.717, 1.165) is 41.8 Å². The van der Waals surface area contributed by atoms with Gasteiger partial charge in [-0.05, 0) is 43.9 Å². The second-order valence-electron chi connectivity index (χ2n) is 5.46. The molecule has 4 nitrogen and oxygen atoms in total. The van der Waals surface area contributed by atoms with Crippen LogP contribution in [0, 0.1) is 0 Å². The van der Waals surface area contributed by atoms with Crippen molar-refractivity contribution < 1.29 is 14.7 Å². The van der Waals surface area contributed by atoms with Crippen LogP contribution in [-0.4, -0.2) is 22.7 Å². The summed E-state index contributed by atoms with van der Waals surface area (Å²) in [5.74, 6) is 0.580. The lowest BCUT2D eigenvalue weighted by Gasteiger charge is -2.09. The van der Waals surface area contributed by atoms with Crippen molar-refractivity contribution in [3.63, 3.8) is 0 Å². The predicted molar refractivity (Wildman–Crippen MR) is 90.0 cm³/mol. The van der Waals surface area contributed by atoms with Crippen LogP contribution in [0.3, 0.4) is 0 Å². The Bertz CT molecular complexity index is 595. The number of carboxylic acids is 1. The third-order valence-electron chi connectivity index (χ3n) is 3.68. The normalized spacial score (nSPS) is 14.2. The number of rotatable bonds is 7. The van der Waals surface area contributed by atoms with Crippen LogP contribution in [0.2, 0.25) is 0 Å². The molecule has 1 amide bonds. The van der Waals surface area contributed by atoms with Gasteiger partial charge in [0.05, 0.1) is 6.42 Å². The van der Waals surface area contributed by atoms with E-state index in [1.54, 1.807) is 11.8 Å². The van der Waals surface area contributed by atoms with Crippen LogP contribution in [0.5, 0.6) is 0 Å². The maximum atomic E-state index is 12.2. The van der Waals surface area contributed by atoms with Gasteiger partial charge >= 0.3 is 5.97 Å². The van der Waals surface area contributed by atoms with Gasteiger partial charge in [-0.3, -0.25) is 9.59 Å². The highest BCUT2D eigenvalue weighted by Crippen LogP contribution is 2.26. The fourth-order valence-electron chi connectivity index (χ4n) is 2.50. The van der Waals surface area contributed by atoms with E-state index < -0.39 is 5.97 Å². The average Bonchev–Trinajstić information content (AvgIpc) is 2.90. The molecular weight excluding hydrogens is 298 g/mol. The molecule has 118 valence electrons. The molecule has 1 aliphatic rings. The molecule has 1 aliphatic carbocycles. The fraction of sp³-hybridized carbons (Fsp3) is 0.412. The molecule has 0 unspecified atom stereocenters. The van der Waals surface area contributed by atoms with Crippen LogP contribution in [0.15, 0.2) is 35.4 Å². The highest BCUT2D eigenvalue weighted by molar-refractivity contribution is 7.98. The number of thioether (sulfide) groups is 1. The molecule has 0 fully saturated rings. The first-order valence-electron chi connectivity index (χ1n) is 7.44. The molecule has 0 bridgehead atoms. The van der Waals surface area contributed by atoms with Gasteiger partial charge in [0.2, 0.25) is 0 Å². The Hall–Kier alpha value is -1.75. The number of hydrogen-bond donors (Lipinski definition) is 2. The quantitative estimate of drug-likeness (QED) is 0.750. The van der Waals surface area contributed by atoms with Crippen molar-refractivity contribution in [2.24, 2.45) is 0 Å². The van der Waals surface area contributed by atoms with Crippen molar-refractivity contribution in [1.29, 1.82) is 0 Å². The van der Waals surface area contributed by atoms with Gasteiger partial charge in [-0.2, -0.15) is 11.8 Å². The summed E-state index contributed by atoms with van der Waals surface area (Å²) in [5, 5.41) is 11.6. The average molecular weight is 319 g/mol. The highest BCUT2D eigenvalue weighted by atomic mass is 32.2. The van der Waals surface area contributed by atoms with Gasteiger partial charge < -0.3 is 10.4 Å². The Morgan fingerprint density at radius 2 is 2.14 bits per heavy atom. The lowest BCUT2D eigenvalue weighted by molar-refractivity contribution is -0.136. The Morgan fingerprint density at radius 3 is 2.82 bits per heavy atom. The van der Waals surface area contributed by atoms with Gasteiger partial charge in [-0.15, -0.1) is 0 Å². The lowest BCUT2D eigenvalue weighted by atomic mass is 10.1. The van der Waals surface area contributed by atoms with E-state index in [1.807, 2.05) is 31.2 Å². The number of carboxylic acid groups (broad SMARTS) is 1. The first kappa shape index (κ1) is 16.6. The molecular formula is C17H21NO3S. The number of aliphatic carboxylic acids is 1. The zero-order valence-electron chi connectivity index (χ0n) is 12.7. The van der Waals surface area contributed by atoms with Crippen molar-refractivity contribution in [2.45, 2.75) is 38.4 Å². The van der Waals surface area contributed by atoms with E-state index in [9.17, 15) is 9.59 Å². The van der Waals surface area contributed by atoms with Crippen molar-refractivity contribution in [3.05, 3.63) is 41.0 Å². The van der Waals surface area contributed by atoms with E-state index in [4.69, 9.17) is 5.11 Å². The van der Waals surface area contributed by atoms with Crippen LogP contribution < -0.4 is 5.32 Å². The predicted octanol–water partition coefficient (Wildman–Crippen LogP) is 3.83. The van der Waals surface area contributed by atoms with E-state index >= 15 is 0 Å². The summed E-state index contributed by atoms with van der Waals surface area (Å²) in [6, 6.07) is 7.74. The standard InChI is InChI=1S/C17H21NO3S/c1-12-4-2-7-15(12)17(21)18-14-6-3-5-13(10-14)11-22-9-8-16(19)20/h3,5-6,10H,2,4,7-9,11H2,1H3,(H,18,21)(H,19,20). The molecule has 5 heteroatoms. The zero-order valence-corrected chi connectivity index (χ0v) is 13.5. The van der Waals surface area contributed by atoms with Gasteiger partial charge in [0, 0.05) is 22.8 Å². The summed E-state index contributed by atoms with van der Waals surface area (Å²) < 4.78 is 0. The summed E-state index contributed by atoms with van der Waals surface area (Å²) >= 11 is 1.59. The third kappa shape index (κ3) is 4.91. The minimum Gasteiger partial charge on any atom is -0.481 e. The van der Waals surface area contributed by atoms with Gasteiger partial charge in [0.1, 0.15) is 0 Å². The molecule has 0 aliphatic heterocycles. The van der Waals surface area contributed by atoms with Gasteiger partial charge in [0.25, 0.3) is 5.91 Å². The molecule has 22 heavy (non-hydrogen) atoms. The number of nitrogens with one attached hydrogen (secondary N) is 1. The van der Waals surface area contributed by atoms with Crippen molar-refractivity contribution in [3.8, 4) is 0 Å². The minimum absolute atomic E-state index is 0.00526. The Labute approximate surface area is 135 Å². The minimum atomic E-state index is -0.770. The monoisotopic (exact) mass is 319 g/mol. The molecule has 0 heterocycles. The number of carbonyl (C=O) groups is 2. The van der Waals surface area contributed by atoms with Crippen molar-refractivity contribution in [1.82, 2.24) is 0 Å². The lowest BCUT2D eigenvalue weighted by Crippen LogP contribution is -2.14. The number of anilines is 1. The van der Waals surface area contributed by atoms with Crippen LogP contribution in [0.4, 0.5) is 5.69 Å². The topological polar surface area (TPSA) is 66.4 Å². The van der Waals surface area contributed by atoms with E-state index in [0.29, 0.717) is 5.75 Å². The maximum Gasteiger partial charge on any atom is 0.304 e. The number of allylic oxidation sites excluding steroid dienone is 1. The summed E-state index contributed by atoms with van der Waals surface area (Å²) in [6.07, 6.45) is 3.12. The zero-order chi connectivity index (χ0) is 15.9. The first-order chi connectivity index (χ1) is 10.6. The second-order valence-corrected chi connectivity index (χ2v) is 6.57. The van der Waals surface area contributed by atoms with Crippen LogP contribution in [0.1, 0.15) is 38.2 Å². The number of carbonyl (C=O) groups excluding carboxylic acids is 1. The molecule has 1 aromatic carbocycles. The van der Waals surface area contributed by atoms with Crippen molar-refractivity contribution in [2.75, 3.05) is 11.1 Å². The molecule has 0 saturated heterocycles. The molecule has 1 aromatic rings. The number of hydrogen-bond acceptors (Lipinski definition) is 3. The summed E-state index contributed by atoms with van der Waals surface area (Å²) in [4.78, 5) is 22.7. The molecule has 0 saturated carbocycles. The number of amides is 1. The number of benzene rings is 1. The summed E-state index contributed by atoms with van der Waals surface area (Å²) in [5.41, 5.74) is 4.00. The van der Waals surface area contributed by atoms with E-state index in [1.165, 1.54) is 5.57 Å². The van der Waals surface area contributed by atoms with Gasteiger partial charge in [-0.25, -0.2) is 0 Å². The fourth-order valence-corrected chi connectivity index (χ4v) is 3.38. The molecule has 2 rings (SSSR count). The largest absolute Gasteiger partial charge is 0.481 e. The molecule has 2 N–H and O–H groups in total. The third-order valence-corrected chi connectivity index (χ3v) is 4.71. The van der Waals surface area contributed by atoms with Gasteiger partial charge in [0.15, 0.2) is 0 Å². The second kappa shape index (κ2) is 8.03. The van der Waals surface area contributed by atoms with Crippen LogP contribution >= 0.6 is 11.8 Å². The summed E-state index contributed by atoms with van der Waals surface area (Å²) in [7, 11) is 0. The maximum absolute atomic E-state index is 12.2. The van der Waals surface area contributed by atoms with Crippen molar-refractivity contribution >= 4 is 29.3 Å². The molecule has 0 spiro atoms. The smallest absolute Gasteiger partial charge is 0.304 e. The SMILES string of the molecule is CC1=C(C(=O)Nc2cccc(CSCCC(=O)O)c2)CCC1. The Kier molecular flexibility index (Phi) is 6.07. The van der Waals surface area contributed by atoms with E-state index in [-0.39, 0.29) is 12.3 Å². The van der Waals surface area contributed by atoms with Crippen LogP contribution in [0.25, 0.3) is 0 Å². The molecule has 0 aromatic heterocycles. The van der Waals surface area contributed by atoms with E-state index in [2.05, 4.69) is 5.32 Å². The first-order valence-corrected chi connectivity index (χ1v) is 8.60. The summed E-state index contributed by atoms with van der Waals surface area (Å²) in [6.45, 7) is 2.03. The molecule has 0 atom stereocenters. The Morgan fingerprint density at radius 1 is 1.32 bits per heavy atom. The molecule has 0 radical (unpaired) electrons.